The fraction of sp³-hybridized carbons (Fsp3) is 0.484. The maximum absolute atomic E-state index is 14.1. The predicted molar refractivity (Wildman–Crippen MR) is 525 cm³/mol. The first kappa shape index (κ1) is 117. The second-order valence-electron chi connectivity index (χ2n) is 33.3. The van der Waals surface area contributed by atoms with Gasteiger partial charge in [-0.15, -0.1) is 0 Å². The van der Waals surface area contributed by atoms with Crippen molar-refractivity contribution in [2.24, 2.45) is 25.8 Å². The van der Waals surface area contributed by atoms with Gasteiger partial charge in [-0.3, -0.25) is 24.0 Å². The molecule has 0 saturated carbocycles. The number of carbonyl (C=O) groups excluding carboxylic acids is 4. The fourth-order valence-electron chi connectivity index (χ4n) is 13.7. The Bertz CT molecular complexity index is 5880. The first-order valence-electron chi connectivity index (χ1n) is 43.1. The summed E-state index contributed by atoms with van der Waals surface area (Å²) in [5, 5.41) is 45.5. The molecular formula is C93H121BBr2F3N5O27S5. The molecule has 5 aromatic rings. The van der Waals surface area contributed by atoms with Crippen molar-refractivity contribution in [3.63, 3.8) is 0 Å². The van der Waals surface area contributed by atoms with Gasteiger partial charge < -0.3 is 58.3 Å². The van der Waals surface area contributed by atoms with E-state index in [1.54, 1.807) is 134 Å². The molecule has 748 valence electrons. The van der Waals surface area contributed by atoms with Crippen molar-refractivity contribution in [2.75, 3.05) is 57.7 Å². The second kappa shape index (κ2) is 51.2. The van der Waals surface area contributed by atoms with Crippen LogP contribution in [-0.4, -0.2) is 240 Å². The molecule has 5 aliphatic heterocycles. The van der Waals surface area contributed by atoms with E-state index in [1.807, 2.05) is 67.6 Å². The van der Waals surface area contributed by atoms with Gasteiger partial charge in [0.1, 0.15) is 48.3 Å². The minimum Gasteiger partial charge on any atom is -0.480 e. The van der Waals surface area contributed by atoms with Crippen LogP contribution in [0.5, 0.6) is 0 Å². The van der Waals surface area contributed by atoms with E-state index in [0.717, 1.165) is 75.0 Å². The number of halogens is 5. The van der Waals surface area contributed by atoms with Crippen molar-refractivity contribution in [1.29, 1.82) is 0 Å². The molecular weight excluding hydrogens is 2010 g/mol. The number of alkyl halides is 2. The summed E-state index contributed by atoms with van der Waals surface area (Å²) < 4.78 is 175. The molecule has 0 aliphatic carbocycles. The zero-order chi connectivity index (χ0) is 103. The average Bonchev–Trinajstić information content (AvgIpc) is 1.47. The number of oxime groups is 5. The molecule has 0 saturated heterocycles. The first-order valence-corrected chi connectivity index (χ1v) is 54.3. The van der Waals surface area contributed by atoms with Crippen LogP contribution in [0.1, 0.15) is 217 Å². The third-order valence-electron chi connectivity index (χ3n) is 22.7. The molecule has 5 aromatic carbocycles. The Morgan fingerprint density at radius 2 is 0.662 bits per heavy atom. The number of carboxylic acids is 1. The number of rotatable bonds is 35. The number of hydrogen-bond acceptors (Lipinski definition) is 31. The minimum absolute atomic E-state index is 0.00563. The zero-order valence-electron chi connectivity index (χ0n) is 79.3. The normalized spacial score (nSPS) is 19.8. The quantitative estimate of drug-likeness (QED) is 0.0147. The van der Waals surface area contributed by atoms with Gasteiger partial charge in [-0.25, -0.2) is 55.3 Å². The Labute approximate surface area is 812 Å². The van der Waals surface area contributed by atoms with Crippen LogP contribution >= 0.6 is 31.9 Å². The van der Waals surface area contributed by atoms with Gasteiger partial charge in [0, 0.05) is 116 Å². The van der Waals surface area contributed by atoms with E-state index in [1.165, 1.54) is 52.7 Å². The van der Waals surface area contributed by atoms with Crippen LogP contribution in [-0.2, 0) is 116 Å². The number of sulfone groups is 5. The summed E-state index contributed by atoms with van der Waals surface area (Å²) in [4.78, 5) is 86.9. The summed E-state index contributed by atoms with van der Waals surface area (Å²) in [6, 6.07) is 35.6. The summed E-state index contributed by atoms with van der Waals surface area (Å²) in [6.45, 7) is 22.2. The number of carboxylic acid groups (broad SMARTS) is 1. The number of allylic oxidation sites excluding steroid dienone is 4. The number of nitrogens with zero attached hydrogens (tertiary/aromatic N) is 5. The zero-order valence-corrected chi connectivity index (χ0v) is 86.6. The lowest BCUT2D eigenvalue weighted by Gasteiger charge is -2.27. The molecule has 3 N–H and O–H groups in total. The molecule has 5 aliphatic rings. The highest BCUT2D eigenvalue weighted by Gasteiger charge is 2.53. The van der Waals surface area contributed by atoms with Crippen molar-refractivity contribution < 1.29 is 138 Å². The molecule has 0 radical (unpaired) electrons. The monoisotopic (exact) mass is 2130 g/mol. The number of aliphatic carboxylic acids is 1. The second-order valence-corrected chi connectivity index (χ2v) is 47.9. The molecule has 43 heteroatoms. The highest BCUT2D eigenvalue weighted by molar-refractivity contribution is 9.10. The molecule has 0 fully saturated rings. The smallest absolute Gasteiger partial charge is 0.480 e. The van der Waals surface area contributed by atoms with E-state index in [0.29, 0.717) is 65.1 Å². The summed E-state index contributed by atoms with van der Waals surface area (Å²) in [5.74, 6) is -3.89. The Morgan fingerprint density at radius 1 is 0.426 bits per heavy atom. The third kappa shape index (κ3) is 31.9. The molecule has 0 unspecified atom stereocenters. The number of carbonyl (C=O) groups is 5. The Morgan fingerprint density at radius 3 is 0.860 bits per heavy atom. The largest absolute Gasteiger partial charge is 0.480 e. The molecule has 12 atom stereocenters. The Balaban J connectivity index is 0.000000296. The van der Waals surface area contributed by atoms with Gasteiger partial charge in [0.05, 0.1) is 55.0 Å². The van der Waals surface area contributed by atoms with Gasteiger partial charge in [-0.2, -0.15) is 0 Å². The summed E-state index contributed by atoms with van der Waals surface area (Å²) in [6.07, 6.45) is 10.8. The number of esters is 4. The average molecular weight is 2130 g/mol. The van der Waals surface area contributed by atoms with Crippen molar-refractivity contribution in [1.82, 2.24) is 0 Å². The first-order chi connectivity index (χ1) is 63.3. The predicted octanol–water partition coefficient (Wildman–Crippen LogP) is 15.0. The summed E-state index contributed by atoms with van der Waals surface area (Å²) >= 11 is 6.60. The molecule has 0 aromatic heterocycles. The van der Waals surface area contributed by atoms with Gasteiger partial charge in [0.25, 0.3) is 0 Å². The van der Waals surface area contributed by atoms with Crippen LogP contribution in [0.4, 0.5) is 13.2 Å². The highest BCUT2D eigenvalue weighted by atomic mass is 79.9. The van der Waals surface area contributed by atoms with Gasteiger partial charge in [-0.1, -0.05) is 203 Å². The van der Waals surface area contributed by atoms with Gasteiger partial charge in [0.15, 0.2) is 72.9 Å². The van der Waals surface area contributed by atoms with Crippen LogP contribution in [0.2, 0.25) is 0 Å². The summed E-state index contributed by atoms with van der Waals surface area (Å²) in [7, 11) is -19.9. The van der Waals surface area contributed by atoms with Crippen LogP contribution in [0.25, 0.3) is 17.7 Å². The molecule has 5 heterocycles. The van der Waals surface area contributed by atoms with Gasteiger partial charge >= 0.3 is 37.0 Å². The summed E-state index contributed by atoms with van der Waals surface area (Å²) in [5.41, 5.74) is 9.86. The molecule has 0 amide bonds. The maximum atomic E-state index is 14.1. The Hall–Kier alpha value is -9.76. The van der Waals surface area contributed by atoms with E-state index in [4.69, 9.17) is 53.2 Å². The van der Waals surface area contributed by atoms with Crippen molar-refractivity contribution in [2.45, 2.75) is 226 Å². The van der Waals surface area contributed by atoms with E-state index in [2.05, 4.69) is 57.6 Å². The van der Waals surface area contributed by atoms with E-state index in [-0.39, 0.29) is 81.4 Å². The fourth-order valence-corrected chi connectivity index (χ4v) is 18.5. The standard InChI is InChI=1S/C19H25BrFNO5S.C19H24FNO5S.C19H25NO5S.C17H20FNO5S.C16H20BrNO5S.C3H7BO2/c1-5-26-18(23)19(3,28(4,24)25)11-15-10-16(22-27-15)13-6-8-14(9-7-13)17(21)12(2)20;1-5-16(20)13-7-9-14(10-8-13)17-11-15(26-21-17)12-19(3,27(4,23)24)18(22)25-6-2;1-5-7-14-8-10-15(11-9-14)17-12-16(25-20-17)13-19(3,26(4,22)23)18(21)24-6-2;1-4-14(18)11-5-7-12(8-6-11)15-9-13(24-19-15)10-17(2,16(20)21)25(3,22)23;1-4-22-15(19)16(2,24(3,20)21)10-13-9-14(18-23-13)11-5-7-12(17)8-6-11;1-2-3-4(5)6/h6-9,12,15,17H,5,10-11H2,1-4H3;5,7-10,15H,6,11-12H2,1-4H3;5,7-11,16H,6,12-13H2,1-4H3;4-8,13H,9-10H2,1-3H3,(H,20,21);5-8,13H,4,9-10H2,1-3H3;2-3,5-6H,1H3/b;16-5-;7-5-;14-4-;;3-2-/t12-,15-,17+,19-;15-,19-;16-,19-;13-,17-;13-,16-;/m11111./s1. The molecule has 32 nitrogen and oxygen atoms in total. The van der Waals surface area contributed by atoms with E-state index < -0.39 is 147 Å². The molecule has 0 bridgehead atoms. The van der Waals surface area contributed by atoms with Gasteiger partial charge in [-0.05, 0) is 148 Å². The van der Waals surface area contributed by atoms with Crippen LogP contribution in [0.15, 0.2) is 182 Å². The number of benzene rings is 5. The van der Waals surface area contributed by atoms with Crippen molar-refractivity contribution >= 4 is 164 Å². The molecule has 136 heavy (non-hydrogen) atoms. The van der Waals surface area contributed by atoms with Crippen molar-refractivity contribution in [3.05, 3.63) is 206 Å². The lowest BCUT2D eigenvalue weighted by molar-refractivity contribution is -0.147. The van der Waals surface area contributed by atoms with E-state index in [9.17, 15) is 84.3 Å². The lowest BCUT2D eigenvalue weighted by atomic mass is 9.92. The number of ether oxygens (including phenoxy) is 4. The number of hydrogen-bond donors (Lipinski definition) is 3. The third-order valence-corrected chi connectivity index (χ3v) is 33.6. The lowest BCUT2D eigenvalue weighted by Crippen LogP contribution is -2.47. The van der Waals surface area contributed by atoms with Crippen LogP contribution in [0.3, 0.4) is 0 Å². The Kier molecular flexibility index (Phi) is 44.0. The maximum Gasteiger partial charge on any atom is 0.480 e. The van der Waals surface area contributed by atoms with Crippen molar-refractivity contribution in [3.8, 4) is 0 Å². The minimum atomic E-state index is -3.83. The van der Waals surface area contributed by atoms with Gasteiger partial charge in [0.2, 0.25) is 0 Å². The highest BCUT2D eigenvalue weighted by Crippen LogP contribution is 2.38. The molecule has 0 spiro atoms. The van der Waals surface area contributed by atoms with Crippen LogP contribution < -0.4 is 0 Å². The molecule has 10 rings (SSSR count). The SMILES string of the molecule is C/C=C(\F)c1ccc(C2=NO[C@@H](C[C@](C)(C(=O)O)S(C)(=O)=O)C2)cc1.C/C=C(\F)c1ccc(C2=NO[C@@H](C[C@](C)(C(=O)OCC)S(C)(=O)=O)C2)cc1.C/C=C\B(O)O.C/C=C\c1ccc(C2=NO[C@@H](C[C@](C)(C(=O)OCC)S(C)(=O)=O)C2)cc1.CCOC(=O)[C@@](C)(C[C@H]1CC(c2ccc(Br)cc2)=NO1)S(C)(=O)=O.CCOC(=O)[C@@](C)(C[C@H]1CC(c2ccc([C@@H](F)[C@@H](C)Br)cc2)=NO1)S(C)(=O)=O. The van der Waals surface area contributed by atoms with Crippen LogP contribution in [0, 0.1) is 0 Å². The van der Waals surface area contributed by atoms with E-state index >= 15 is 0 Å². The topological polar surface area (TPSA) is 462 Å².